The molecule has 0 radical (unpaired) electrons. The summed E-state index contributed by atoms with van der Waals surface area (Å²) in [6.45, 7) is 0. The van der Waals surface area contributed by atoms with E-state index >= 15 is 0 Å². The normalized spacial score (nSPS) is 10.1. The predicted octanol–water partition coefficient (Wildman–Crippen LogP) is 2.01. The molecule has 18 heavy (non-hydrogen) atoms. The van der Waals surface area contributed by atoms with Crippen LogP contribution in [0, 0.1) is 0 Å². The Morgan fingerprint density at radius 3 is 2.78 bits per heavy atom. The first-order valence-electron chi connectivity index (χ1n) is 4.78. The second-order valence-corrected chi connectivity index (χ2v) is 3.97. The van der Waals surface area contributed by atoms with Gasteiger partial charge in [-0.3, -0.25) is 4.79 Å². The Balaban J connectivity index is 2.24. The average molecular weight is 284 g/mol. The zero-order chi connectivity index (χ0) is 13.1. The van der Waals surface area contributed by atoms with Crippen LogP contribution in [0.4, 0.5) is 11.5 Å². The fourth-order valence-corrected chi connectivity index (χ4v) is 1.65. The van der Waals surface area contributed by atoms with E-state index in [-0.39, 0.29) is 27.6 Å². The van der Waals surface area contributed by atoms with Crippen molar-refractivity contribution in [2.75, 3.05) is 11.1 Å². The number of nitrogens with two attached hydrogens (primary N) is 1. The maximum Gasteiger partial charge on any atom is 0.277 e. The van der Waals surface area contributed by atoms with Gasteiger partial charge >= 0.3 is 0 Å². The number of nitrogens with one attached hydrogen (secondary N) is 1. The molecule has 2 rings (SSSR count). The molecule has 0 bridgehead atoms. The van der Waals surface area contributed by atoms with E-state index in [0.29, 0.717) is 0 Å². The summed E-state index contributed by atoms with van der Waals surface area (Å²) in [6, 6.07) is 4.57. The second kappa shape index (κ2) is 5.16. The van der Waals surface area contributed by atoms with Crippen LogP contribution in [-0.4, -0.2) is 20.9 Å². The molecular weight excluding hydrogens is 277 g/mol. The molecule has 2 heterocycles. The number of hydrogen-bond acceptors (Lipinski definition) is 5. The minimum atomic E-state index is -0.501. The summed E-state index contributed by atoms with van der Waals surface area (Å²) in [4.78, 5) is 23.2. The van der Waals surface area contributed by atoms with Crippen LogP contribution in [0.2, 0.25) is 10.4 Å². The van der Waals surface area contributed by atoms with E-state index in [1.165, 1.54) is 12.3 Å². The van der Waals surface area contributed by atoms with Crippen LogP contribution >= 0.6 is 23.2 Å². The van der Waals surface area contributed by atoms with Gasteiger partial charge in [0.15, 0.2) is 5.69 Å². The molecule has 0 saturated heterocycles. The highest BCUT2D eigenvalue weighted by Crippen LogP contribution is 2.16. The van der Waals surface area contributed by atoms with Crippen LogP contribution in [-0.2, 0) is 0 Å². The van der Waals surface area contributed by atoms with Gasteiger partial charge < -0.3 is 11.1 Å². The van der Waals surface area contributed by atoms with Crippen molar-refractivity contribution in [2.24, 2.45) is 0 Å². The second-order valence-electron chi connectivity index (χ2n) is 3.24. The highest BCUT2D eigenvalue weighted by Gasteiger charge is 2.12. The number of carbonyl (C=O) groups excluding carboxylic acids is 1. The molecule has 2 aromatic rings. The van der Waals surface area contributed by atoms with E-state index in [0.717, 1.165) is 0 Å². The molecule has 0 saturated carbocycles. The largest absolute Gasteiger partial charge is 0.397 e. The number of rotatable bonds is 2. The van der Waals surface area contributed by atoms with Crippen LogP contribution < -0.4 is 11.1 Å². The first-order chi connectivity index (χ1) is 8.56. The Morgan fingerprint density at radius 2 is 2.11 bits per heavy atom. The number of halogens is 2. The van der Waals surface area contributed by atoms with Crippen LogP contribution in [0.3, 0.4) is 0 Å². The Morgan fingerprint density at radius 1 is 1.33 bits per heavy atom. The van der Waals surface area contributed by atoms with Crippen molar-refractivity contribution in [3.05, 3.63) is 40.5 Å². The van der Waals surface area contributed by atoms with E-state index in [2.05, 4.69) is 20.3 Å². The topological polar surface area (TPSA) is 93.8 Å². The van der Waals surface area contributed by atoms with Gasteiger partial charge in [-0.1, -0.05) is 11.6 Å². The van der Waals surface area contributed by atoms with Gasteiger partial charge in [0.2, 0.25) is 5.28 Å². The summed E-state index contributed by atoms with van der Waals surface area (Å²) >= 11 is 11.3. The number of aromatic nitrogens is 3. The van der Waals surface area contributed by atoms with Crippen LogP contribution in [0.5, 0.6) is 0 Å². The number of carbonyl (C=O) groups is 1. The molecule has 2 aromatic heterocycles. The summed E-state index contributed by atoms with van der Waals surface area (Å²) in [5.74, 6) is -0.325. The standard InChI is InChI=1S/C10H7Cl2N5O/c11-6-4-7(17-10(12)15-6)16-9(18)8-5(13)2-1-3-14-8/h1-4H,13H2,(H,15,16,17,18). The molecule has 1 amide bonds. The Bertz CT molecular complexity index is 584. The minimum absolute atomic E-state index is 0.0632. The number of pyridine rings is 1. The number of nitrogen functional groups attached to an aromatic ring is 1. The molecule has 0 atom stereocenters. The van der Waals surface area contributed by atoms with Gasteiger partial charge in [0.1, 0.15) is 11.0 Å². The zero-order valence-electron chi connectivity index (χ0n) is 8.89. The van der Waals surface area contributed by atoms with E-state index < -0.39 is 5.91 Å². The number of nitrogens with zero attached hydrogens (tertiary/aromatic N) is 3. The van der Waals surface area contributed by atoms with Gasteiger partial charge in [0.05, 0.1) is 5.69 Å². The third kappa shape index (κ3) is 2.85. The SMILES string of the molecule is Nc1cccnc1C(=O)Nc1cc(Cl)nc(Cl)n1. The van der Waals surface area contributed by atoms with Gasteiger partial charge in [-0.05, 0) is 23.7 Å². The van der Waals surface area contributed by atoms with Crippen LogP contribution in [0.1, 0.15) is 10.5 Å². The van der Waals surface area contributed by atoms with Gasteiger partial charge in [0.25, 0.3) is 5.91 Å². The van der Waals surface area contributed by atoms with Gasteiger partial charge in [-0.25, -0.2) is 15.0 Å². The van der Waals surface area contributed by atoms with Crippen molar-refractivity contribution in [1.29, 1.82) is 0 Å². The number of hydrogen-bond donors (Lipinski definition) is 2. The average Bonchev–Trinajstić information content (AvgIpc) is 2.27. The van der Waals surface area contributed by atoms with E-state index in [9.17, 15) is 4.79 Å². The van der Waals surface area contributed by atoms with Crippen molar-refractivity contribution in [3.63, 3.8) is 0 Å². The lowest BCUT2D eigenvalue weighted by Crippen LogP contribution is -2.16. The molecule has 0 fully saturated rings. The van der Waals surface area contributed by atoms with Gasteiger partial charge in [-0.15, -0.1) is 0 Å². The van der Waals surface area contributed by atoms with Crippen LogP contribution in [0.15, 0.2) is 24.4 Å². The molecule has 92 valence electrons. The number of amides is 1. The van der Waals surface area contributed by atoms with E-state index in [1.807, 2.05) is 0 Å². The molecular formula is C10H7Cl2N5O. The van der Waals surface area contributed by atoms with E-state index in [4.69, 9.17) is 28.9 Å². The first kappa shape index (κ1) is 12.5. The molecule has 0 aliphatic heterocycles. The lowest BCUT2D eigenvalue weighted by molar-refractivity contribution is 0.102. The third-order valence-electron chi connectivity index (χ3n) is 1.96. The molecule has 6 nitrogen and oxygen atoms in total. The van der Waals surface area contributed by atoms with Crippen molar-refractivity contribution < 1.29 is 4.79 Å². The molecule has 0 aliphatic carbocycles. The van der Waals surface area contributed by atoms with Crippen molar-refractivity contribution in [2.45, 2.75) is 0 Å². The smallest absolute Gasteiger partial charge is 0.277 e. The number of anilines is 2. The Kier molecular flexibility index (Phi) is 3.59. The van der Waals surface area contributed by atoms with Crippen LogP contribution in [0.25, 0.3) is 0 Å². The Hall–Kier alpha value is -1.92. The Labute approximate surface area is 112 Å². The van der Waals surface area contributed by atoms with Crippen molar-refractivity contribution in [3.8, 4) is 0 Å². The monoisotopic (exact) mass is 283 g/mol. The summed E-state index contributed by atoms with van der Waals surface area (Å²) < 4.78 is 0. The van der Waals surface area contributed by atoms with Crippen molar-refractivity contribution >= 4 is 40.6 Å². The van der Waals surface area contributed by atoms with Gasteiger partial charge in [0, 0.05) is 12.3 Å². The highest BCUT2D eigenvalue weighted by molar-refractivity contribution is 6.32. The zero-order valence-corrected chi connectivity index (χ0v) is 10.4. The highest BCUT2D eigenvalue weighted by atomic mass is 35.5. The fraction of sp³-hybridized carbons (Fsp3) is 0. The summed E-state index contributed by atoms with van der Waals surface area (Å²) in [7, 11) is 0. The first-order valence-corrected chi connectivity index (χ1v) is 5.54. The minimum Gasteiger partial charge on any atom is -0.397 e. The summed E-state index contributed by atoms with van der Waals surface area (Å²) in [5, 5.41) is 2.54. The molecule has 0 aliphatic rings. The quantitative estimate of drug-likeness (QED) is 0.650. The predicted molar refractivity (Wildman–Crippen MR) is 68.7 cm³/mol. The molecule has 8 heteroatoms. The molecule has 3 N–H and O–H groups in total. The lowest BCUT2D eigenvalue weighted by atomic mass is 10.3. The summed E-state index contributed by atoms with van der Waals surface area (Å²) in [5.41, 5.74) is 5.99. The maximum absolute atomic E-state index is 11.9. The van der Waals surface area contributed by atoms with E-state index in [1.54, 1.807) is 12.1 Å². The molecule has 0 aromatic carbocycles. The third-order valence-corrected chi connectivity index (χ3v) is 2.33. The maximum atomic E-state index is 11.9. The lowest BCUT2D eigenvalue weighted by Gasteiger charge is -2.05. The summed E-state index contributed by atoms with van der Waals surface area (Å²) in [6.07, 6.45) is 1.46. The fourth-order valence-electron chi connectivity index (χ4n) is 1.24. The molecule has 0 spiro atoms. The van der Waals surface area contributed by atoms with Crippen molar-refractivity contribution in [1.82, 2.24) is 15.0 Å². The molecule has 0 unspecified atom stereocenters. The van der Waals surface area contributed by atoms with Gasteiger partial charge in [-0.2, -0.15) is 0 Å².